The van der Waals surface area contributed by atoms with Crippen LogP contribution in [0.2, 0.25) is 0 Å². The van der Waals surface area contributed by atoms with E-state index < -0.39 is 5.97 Å². The lowest BCUT2D eigenvalue weighted by molar-refractivity contribution is 0.0689. The minimum absolute atomic E-state index is 0.0322. The highest BCUT2D eigenvalue weighted by molar-refractivity contribution is 5.85. The van der Waals surface area contributed by atoms with Gasteiger partial charge in [-0.25, -0.2) is 4.79 Å². The largest absolute Gasteiger partial charge is 0.476 e. The standard InChI is InChI=1S/C13H20N4O2/c1-9(2)17-7-3-4-10(17)8-14-12-6-5-11(13(18)19)15-16-12/h5-6,9-10H,3-4,7-8H2,1-2H3,(H,14,16)(H,18,19). The van der Waals surface area contributed by atoms with Gasteiger partial charge in [0, 0.05) is 18.6 Å². The highest BCUT2D eigenvalue weighted by Crippen LogP contribution is 2.20. The molecule has 6 heteroatoms. The first-order valence-corrected chi connectivity index (χ1v) is 6.64. The van der Waals surface area contributed by atoms with E-state index in [2.05, 4.69) is 34.3 Å². The highest BCUT2D eigenvalue weighted by Gasteiger charge is 2.26. The van der Waals surface area contributed by atoms with Gasteiger partial charge in [-0.1, -0.05) is 0 Å². The first-order chi connectivity index (χ1) is 9.08. The van der Waals surface area contributed by atoms with Gasteiger partial charge in [-0.05, 0) is 45.4 Å². The molecule has 1 aliphatic rings. The van der Waals surface area contributed by atoms with Crippen molar-refractivity contribution in [3.63, 3.8) is 0 Å². The van der Waals surface area contributed by atoms with Gasteiger partial charge in [-0.15, -0.1) is 10.2 Å². The van der Waals surface area contributed by atoms with E-state index in [1.807, 2.05) is 0 Å². The SMILES string of the molecule is CC(C)N1CCCC1CNc1ccc(C(=O)O)nn1. The molecule has 104 valence electrons. The maximum absolute atomic E-state index is 10.7. The van der Waals surface area contributed by atoms with Crippen LogP contribution in [0.15, 0.2) is 12.1 Å². The lowest BCUT2D eigenvalue weighted by Gasteiger charge is -2.28. The molecule has 0 aliphatic carbocycles. The van der Waals surface area contributed by atoms with Gasteiger partial charge < -0.3 is 10.4 Å². The quantitative estimate of drug-likeness (QED) is 0.838. The Morgan fingerprint density at radius 2 is 2.32 bits per heavy atom. The van der Waals surface area contributed by atoms with Crippen LogP contribution >= 0.6 is 0 Å². The summed E-state index contributed by atoms with van der Waals surface area (Å²) in [6.07, 6.45) is 2.42. The number of aromatic nitrogens is 2. The molecule has 1 atom stereocenters. The molecule has 0 bridgehead atoms. The molecule has 0 aromatic carbocycles. The second-order valence-corrected chi connectivity index (χ2v) is 5.12. The lowest BCUT2D eigenvalue weighted by atomic mass is 10.2. The van der Waals surface area contributed by atoms with Crippen molar-refractivity contribution in [2.24, 2.45) is 0 Å². The fourth-order valence-corrected chi connectivity index (χ4v) is 2.52. The summed E-state index contributed by atoms with van der Waals surface area (Å²) in [5.41, 5.74) is -0.0322. The molecule has 6 nitrogen and oxygen atoms in total. The molecule has 1 aromatic heterocycles. The number of carboxylic acids is 1. The van der Waals surface area contributed by atoms with Gasteiger partial charge >= 0.3 is 5.97 Å². The number of nitrogens with zero attached hydrogens (tertiary/aromatic N) is 3. The van der Waals surface area contributed by atoms with Crippen LogP contribution in [0.3, 0.4) is 0 Å². The maximum atomic E-state index is 10.7. The van der Waals surface area contributed by atoms with Gasteiger partial charge in [0.25, 0.3) is 0 Å². The van der Waals surface area contributed by atoms with E-state index in [4.69, 9.17) is 5.11 Å². The molecule has 1 aromatic rings. The molecular formula is C13H20N4O2. The smallest absolute Gasteiger partial charge is 0.356 e. The Morgan fingerprint density at radius 1 is 1.53 bits per heavy atom. The van der Waals surface area contributed by atoms with Crippen molar-refractivity contribution in [3.8, 4) is 0 Å². The summed E-state index contributed by atoms with van der Waals surface area (Å²) in [4.78, 5) is 13.1. The number of hydrogen-bond donors (Lipinski definition) is 2. The van der Waals surface area contributed by atoms with Crippen LogP contribution in [0.4, 0.5) is 5.82 Å². The number of carboxylic acid groups (broad SMARTS) is 1. The Morgan fingerprint density at radius 3 is 2.89 bits per heavy atom. The Kier molecular flexibility index (Phi) is 4.31. The van der Waals surface area contributed by atoms with Gasteiger partial charge in [0.2, 0.25) is 0 Å². The van der Waals surface area contributed by atoms with Crippen LogP contribution in [0.1, 0.15) is 37.2 Å². The van der Waals surface area contributed by atoms with Crippen LogP contribution in [0.5, 0.6) is 0 Å². The maximum Gasteiger partial charge on any atom is 0.356 e. The number of anilines is 1. The van der Waals surface area contributed by atoms with Gasteiger partial charge in [-0.3, -0.25) is 4.90 Å². The summed E-state index contributed by atoms with van der Waals surface area (Å²) in [5.74, 6) is -0.429. The average molecular weight is 264 g/mol. The van der Waals surface area contributed by atoms with Crippen LogP contribution in [-0.4, -0.2) is 51.3 Å². The summed E-state index contributed by atoms with van der Waals surface area (Å²) in [6, 6.07) is 4.19. The average Bonchev–Trinajstić information content (AvgIpc) is 2.85. The van der Waals surface area contributed by atoms with E-state index >= 15 is 0 Å². The zero-order valence-electron chi connectivity index (χ0n) is 11.3. The van der Waals surface area contributed by atoms with E-state index in [-0.39, 0.29) is 5.69 Å². The molecule has 0 spiro atoms. The van der Waals surface area contributed by atoms with Crippen LogP contribution in [0, 0.1) is 0 Å². The third-order valence-corrected chi connectivity index (χ3v) is 3.49. The van der Waals surface area contributed by atoms with Crippen LogP contribution < -0.4 is 5.32 Å². The topological polar surface area (TPSA) is 78.4 Å². The van der Waals surface area contributed by atoms with Crippen LogP contribution in [-0.2, 0) is 0 Å². The van der Waals surface area contributed by atoms with Crippen molar-refractivity contribution in [2.45, 2.75) is 38.8 Å². The predicted molar refractivity (Wildman–Crippen MR) is 72.3 cm³/mol. The normalized spacial score (nSPS) is 19.8. The molecule has 19 heavy (non-hydrogen) atoms. The number of rotatable bonds is 5. The minimum Gasteiger partial charge on any atom is -0.476 e. The Balaban J connectivity index is 1.90. The second kappa shape index (κ2) is 5.97. The molecule has 2 heterocycles. The number of aromatic carboxylic acids is 1. The Hall–Kier alpha value is -1.69. The van der Waals surface area contributed by atoms with Gasteiger partial charge in [-0.2, -0.15) is 0 Å². The van der Waals surface area contributed by atoms with Crippen molar-refractivity contribution in [1.29, 1.82) is 0 Å². The molecule has 0 amide bonds. The number of likely N-dealkylation sites (tertiary alicyclic amines) is 1. The highest BCUT2D eigenvalue weighted by atomic mass is 16.4. The summed E-state index contributed by atoms with van der Waals surface area (Å²) >= 11 is 0. The van der Waals surface area contributed by atoms with E-state index in [9.17, 15) is 4.79 Å². The zero-order chi connectivity index (χ0) is 13.8. The number of nitrogens with one attached hydrogen (secondary N) is 1. The first kappa shape index (κ1) is 13.7. The molecule has 2 N–H and O–H groups in total. The number of carbonyl (C=O) groups is 1. The molecular weight excluding hydrogens is 244 g/mol. The van der Waals surface area contributed by atoms with Crippen molar-refractivity contribution in [3.05, 3.63) is 17.8 Å². The van der Waals surface area contributed by atoms with Crippen molar-refractivity contribution >= 4 is 11.8 Å². The molecule has 1 unspecified atom stereocenters. The van der Waals surface area contributed by atoms with E-state index in [1.54, 1.807) is 6.07 Å². The van der Waals surface area contributed by atoms with Gasteiger partial charge in [0.1, 0.15) is 5.82 Å². The lowest BCUT2D eigenvalue weighted by Crippen LogP contribution is -2.39. The predicted octanol–water partition coefficient (Wildman–Crippen LogP) is 1.46. The van der Waals surface area contributed by atoms with Gasteiger partial charge in [0.05, 0.1) is 0 Å². The molecule has 1 saturated heterocycles. The van der Waals surface area contributed by atoms with Crippen molar-refractivity contribution in [1.82, 2.24) is 15.1 Å². The number of hydrogen-bond acceptors (Lipinski definition) is 5. The zero-order valence-corrected chi connectivity index (χ0v) is 11.3. The van der Waals surface area contributed by atoms with E-state index in [1.165, 1.54) is 18.9 Å². The van der Waals surface area contributed by atoms with Crippen molar-refractivity contribution in [2.75, 3.05) is 18.4 Å². The molecule has 1 fully saturated rings. The van der Waals surface area contributed by atoms with Gasteiger partial charge in [0.15, 0.2) is 5.69 Å². The third kappa shape index (κ3) is 3.41. The summed E-state index contributed by atoms with van der Waals surface area (Å²) in [5, 5.41) is 19.5. The van der Waals surface area contributed by atoms with Crippen LogP contribution in [0.25, 0.3) is 0 Å². The minimum atomic E-state index is -1.05. The molecule has 0 radical (unpaired) electrons. The van der Waals surface area contributed by atoms with Crippen molar-refractivity contribution < 1.29 is 9.90 Å². The fourth-order valence-electron chi connectivity index (χ4n) is 2.52. The molecule has 1 aliphatic heterocycles. The third-order valence-electron chi connectivity index (χ3n) is 3.49. The Bertz CT molecular complexity index is 433. The first-order valence-electron chi connectivity index (χ1n) is 6.64. The molecule has 2 rings (SSSR count). The van der Waals surface area contributed by atoms with E-state index in [0.29, 0.717) is 17.9 Å². The fraction of sp³-hybridized carbons (Fsp3) is 0.615. The summed E-state index contributed by atoms with van der Waals surface area (Å²) < 4.78 is 0. The molecule has 0 saturated carbocycles. The monoisotopic (exact) mass is 264 g/mol. The second-order valence-electron chi connectivity index (χ2n) is 5.12. The Labute approximate surface area is 112 Å². The summed E-state index contributed by atoms with van der Waals surface area (Å²) in [6.45, 7) is 6.38. The van der Waals surface area contributed by atoms with E-state index in [0.717, 1.165) is 13.1 Å². The summed E-state index contributed by atoms with van der Waals surface area (Å²) in [7, 11) is 0.